The Labute approximate surface area is 158 Å². The summed E-state index contributed by atoms with van der Waals surface area (Å²) in [6, 6.07) is 0. The molecule has 0 saturated heterocycles. The van der Waals surface area contributed by atoms with Crippen molar-refractivity contribution in [1.29, 1.82) is 0 Å². The van der Waals surface area contributed by atoms with Crippen molar-refractivity contribution in [2.75, 3.05) is 13.2 Å². The molecule has 105 valence electrons. The van der Waals surface area contributed by atoms with Crippen LogP contribution in [0.15, 0.2) is 0 Å². The van der Waals surface area contributed by atoms with Crippen molar-refractivity contribution in [1.82, 2.24) is 0 Å². The van der Waals surface area contributed by atoms with Crippen LogP contribution in [0, 0.1) is 0 Å². The minimum Gasteiger partial charge on any atom is -0.381 e. The first kappa shape index (κ1) is 21.9. The van der Waals surface area contributed by atoms with E-state index in [4.69, 9.17) is 4.74 Å². The molecule has 0 spiro atoms. The zero-order valence-electron chi connectivity index (χ0n) is 13.3. The Kier molecular flexibility index (Phi) is 25.4. The Bertz CT molecular complexity index is 114. The molecule has 0 aromatic carbocycles. The van der Waals surface area contributed by atoms with Crippen molar-refractivity contribution in [3.05, 3.63) is 0 Å². The number of unbranched alkanes of at least 4 members (excludes halogenated alkanes) is 10. The fourth-order valence-corrected chi connectivity index (χ4v) is 2.07. The van der Waals surface area contributed by atoms with Crippen molar-refractivity contribution in [2.24, 2.45) is 0 Å². The first-order chi connectivity index (χ1) is 8.41. The van der Waals surface area contributed by atoms with Gasteiger partial charge >= 0.3 is 0 Å². The van der Waals surface area contributed by atoms with Gasteiger partial charge in [-0.15, -0.1) is 0 Å². The zero-order valence-corrected chi connectivity index (χ0v) is 16.4. The number of hydrogen-bond donors (Lipinski definition) is 0. The second-order valence-electron chi connectivity index (χ2n) is 5.15. The normalized spacial score (nSPS) is 10.3. The largest absolute Gasteiger partial charge is 0.381 e. The molecule has 0 aromatic heterocycles. The summed E-state index contributed by atoms with van der Waals surface area (Å²) in [4.78, 5) is 0. The van der Waals surface area contributed by atoms with E-state index in [1.54, 1.807) is 0 Å². The van der Waals surface area contributed by atoms with Crippen LogP contribution in [0.4, 0.5) is 0 Å². The van der Waals surface area contributed by atoms with Crippen LogP contribution in [0.3, 0.4) is 0 Å². The fourth-order valence-electron chi connectivity index (χ4n) is 2.07. The van der Waals surface area contributed by atoms with Crippen LogP contribution in [-0.2, 0) is 4.74 Å². The van der Waals surface area contributed by atoms with Crippen molar-refractivity contribution in [2.45, 2.75) is 90.9 Å². The molecule has 2 heteroatoms. The summed E-state index contributed by atoms with van der Waals surface area (Å²) >= 11 is 0. The van der Waals surface area contributed by atoms with Crippen LogP contribution < -0.4 is 0 Å². The zero-order chi connectivity index (χ0) is 12.6. The first-order valence-corrected chi connectivity index (χ1v) is 7.99. The molecule has 0 heterocycles. The van der Waals surface area contributed by atoms with Gasteiger partial charge in [0.15, 0.2) is 0 Å². The average molecular weight is 282 g/mol. The molecule has 1 nitrogen and oxygen atoms in total. The number of hydrogen-bond acceptors (Lipinski definition) is 1. The molecule has 0 aliphatic rings. The van der Waals surface area contributed by atoms with E-state index < -0.39 is 0 Å². The van der Waals surface area contributed by atoms with E-state index in [1.807, 2.05) is 0 Å². The quantitative estimate of drug-likeness (QED) is 0.308. The summed E-state index contributed by atoms with van der Waals surface area (Å²) in [5.74, 6) is 0. The predicted molar refractivity (Wildman–Crippen MR) is 83.3 cm³/mol. The van der Waals surface area contributed by atoms with Crippen LogP contribution >= 0.6 is 0 Å². The van der Waals surface area contributed by atoms with Gasteiger partial charge in [0.2, 0.25) is 0 Å². The van der Waals surface area contributed by atoms with Gasteiger partial charge in [-0.2, -0.15) is 0 Å². The SMILES string of the molecule is CCCCCCCCOCCCCCCCC.[K]. The van der Waals surface area contributed by atoms with Gasteiger partial charge in [-0.25, -0.2) is 0 Å². The van der Waals surface area contributed by atoms with Crippen molar-refractivity contribution >= 4 is 51.4 Å². The summed E-state index contributed by atoms with van der Waals surface area (Å²) in [5.41, 5.74) is 0. The molecule has 0 aromatic rings. The third-order valence-electron chi connectivity index (χ3n) is 3.28. The standard InChI is InChI=1S/C16H34O.K/c1-3-5-7-9-11-13-15-17-16-14-12-10-8-6-4-2;/h3-16H2,1-2H3;. The van der Waals surface area contributed by atoms with Crippen molar-refractivity contribution in [3.8, 4) is 0 Å². The summed E-state index contributed by atoms with van der Waals surface area (Å²) in [6.07, 6.45) is 16.3. The summed E-state index contributed by atoms with van der Waals surface area (Å²) in [5, 5.41) is 0. The van der Waals surface area contributed by atoms with Gasteiger partial charge in [-0.1, -0.05) is 78.1 Å². The summed E-state index contributed by atoms with van der Waals surface area (Å²) in [7, 11) is 0. The van der Waals surface area contributed by atoms with Gasteiger partial charge in [0.05, 0.1) is 0 Å². The maximum absolute atomic E-state index is 5.65. The summed E-state index contributed by atoms with van der Waals surface area (Å²) in [6.45, 7) is 6.51. The van der Waals surface area contributed by atoms with E-state index in [2.05, 4.69) is 13.8 Å². The molecule has 0 atom stereocenters. The third kappa shape index (κ3) is 19.9. The van der Waals surface area contributed by atoms with E-state index >= 15 is 0 Å². The minimum atomic E-state index is 0. The third-order valence-corrected chi connectivity index (χ3v) is 3.28. The Morgan fingerprint density at radius 2 is 0.833 bits per heavy atom. The molecule has 0 fully saturated rings. The van der Waals surface area contributed by atoms with Crippen molar-refractivity contribution < 1.29 is 4.74 Å². The van der Waals surface area contributed by atoms with Gasteiger partial charge in [0.25, 0.3) is 0 Å². The van der Waals surface area contributed by atoms with E-state index in [-0.39, 0.29) is 51.4 Å². The van der Waals surface area contributed by atoms with E-state index in [1.165, 1.54) is 77.0 Å². The van der Waals surface area contributed by atoms with Gasteiger partial charge in [-0.3, -0.25) is 0 Å². The van der Waals surface area contributed by atoms with Gasteiger partial charge in [-0.05, 0) is 12.8 Å². The van der Waals surface area contributed by atoms with Crippen LogP contribution in [0.2, 0.25) is 0 Å². The van der Waals surface area contributed by atoms with Gasteiger partial charge in [0, 0.05) is 64.6 Å². The molecule has 1 radical (unpaired) electrons. The molecular formula is C16H34KO. The molecular weight excluding hydrogens is 247 g/mol. The number of ether oxygens (including phenoxy) is 1. The smallest absolute Gasteiger partial charge is 0.0466 e. The second kappa shape index (κ2) is 20.9. The second-order valence-corrected chi connectivity index (χ2v) is 5.15. The van der Waals surface area contributed by atoms with E-state index in [0.717, 1.165) is 13.2 Å². The maximum Gasteiger partial charge on any atom is 0.0466 e. The van der Waals surface area contributed by atoms with Gasteiger partial charge < -0.3 is 4.74 Å². The Morgan fingerprint density at radius 3 is 1.22 bits per heavy atom. The number of rotatable bonds is 14. The van der Waals surface area contributed by atoms with E-state index in [0.29, 0.717) is 0 Å². The van der Waals surface area contributed by atoms with Crippen LogP contribution in [-0.4, -0.2) is 64.6 Å². The summed E-state index contributed by atoms with van der Waals surface area (Å²) < 4.78 is 5.65. The van der Waals surface area contributed by atoms with Crippen molar-refractivity contribution in [3.63, 3.8) is 0 Å². The molecule has 0 unspecified atom stereocenters. The van der Waals surface area contributed by atoms with E-state index in [9.17, 15) is 0 Å². The molecule has 0 aliphatic heterocycles. The van der Waals surface area contributed by atoms with Crippen LogP contribution in [0.1, 0.15) is 90.9 Å². The molecule has 0 aliphatic carbocycles. The van der Waals surface area contributed by atoms with Crippen LogP contribution in [0.5, 0.6) is 0 Å². The topological polar surface area (TPSA) is 9.23 Å². The molecule has 0 N–H and O–H groups in total. The minimum absolute atomic E-state index is 0. The molecule has 0 rings (SSSR count). The molecule has 0 saturated carbocycles. The van der Waals surface area contributed by atoms with Gasteiger partial charge in [0.1, 0.15) is 0 Å². The average Bonchev–Trinajstić information content (AvgIpc) is 2.35. The maximum atomic E-state index is 5.65. The molecule has 0 amide bonds. The Balaban J connectivity index is 0. The Hall–Kier alpha value is 1.60. The first-order valence-electron chi connectivity index (χ1n) is 7.99. The fraction of sp³-hybridized carbons (Fsp3) is 1.00. The molecule has 18 heavy (non-hydrogen) atoms. The monoisotopic (exact) mass is 281 g/mol. The Morgan fingerprint density at radius 1 is 0.500 bits per heavy atom. The predicted octanol–water partition coefficient (Wildman–Crippen LogP) is 5.34. The molecule has 0 bridgehead atoms. The van der Waals surface area contributed by atoms with Crippen LogP contribution in [0.25, 0.3) is 0 Å².